The van der Waals surface area contributed by atoms with Crippen LogP contribution in [0.2, 0.25) is 0 Å². The van der Waals surface area contributed by atoms with Gasteiger partial charge in [0.05, 0.1) is 5.78 Å². The van der Waals surface area contributed by atoms with Crippen LogP contribution in [0.4, 0.5) is 0 Å². The first-order valence-electron chi connectivity index (χ1n) is 8.04. The molecule has 3 heteroatoms. The molecule has 0 aliphatic carbocycles. The Labute approximate surface area is 145 Å². The minimum Gasteiger partial charge on any atom is -0.313 e. The maximum Gasteiger partial charge on any atom is 0.0873 e. The molecule has 3 aromatic carbocycles. The monoisotopic (exact) mass is 335 g/mol. The molecule has 0 saturated carbocycles. The van der Waals surface area contributed by atoms with Crippen molar-refractivity contribution in [2.75, 3.05) is 7.05 Å². The molecule has 1 N–H and O–H groups in total. The Bertz CT molecular complexity index is 717. The van der Waals surface area contributed by atoms with Crippen molar-refractivity contribution in [1.29, 1.82) is 0 Å². The minimum absolute atomic E-state index is 0.0922. The van der Waals surface area contributed by atoms with Gasteiger partial charge >= 0.3 is 0 Å². The number of benzene rings is 3. The lowest BCUT2D eigenvalue weighted by Crippen LogP contribution is -2.27. The highest BCUT2D eigenvalue weighted by molar-refractivity contribution is 7.73. The standard InChI is InChI=1S/C21H22NOP/c1-17-13-15-18(16-14-17)21(22(2)23)24(19-9-5-3-6-10-19)20-11-7-4-8-12-20/h3-16,21,23H,1-2H3. The zero-order chi connectivity index (χ0) is 16.9. The van der Waals surface area contributed by atoms with Crippen molar-refractivity contribution in [1.82, 2.24) is 5.06 Å². The highest BCUT2D eigenvalue weighted by Gasteiger charge is 2.29. The summed E-state index contributed by atoms with van der Waals surface area (Å²) >= 11 is 0. The molecule has 0 radical (unpaired) electrons. The Morgan fingerprint density at radius 2 is 1.21 bits per heavy atom. The number of hydrogen-bond donors (Lipinski definition) is 1. The maximum atomic E-state index is 10.5. The quantitative estimate of drug-likeness (QED) is 0.550. The number of hydrogen-bond acceptors (Lipinski definition) is 2. The van der Waals surface area contributed by atoms with Gasteiger partial charge in [-0.3, -0.25) is 0 Å². The number of aryl methyl sites for hydroxylation is 1. The second-order valence-electron chi connectivity index (χ2n) is 5.90. The minimum atomic E-state index is -0.764. The molecule has 0 aromatic heterocycles. The molecule has 0 amide bonds. The summed E-state index contributed by atoms with van der Waals surface area (Å²) in [6, 6.07) is 29.4. The van der Waals surface area contributed by atoms with Gasteiger partial charge in [-0.1, -0.05) is 90.5 Å². The predicted molar refractivity (Wildman–Crippen MR) is 103 cm³/mol. The molecule has 1 atom stereocenters. The van der Waals surface area contributed by atoms with Gasteiger partial charge < -0.3 is 5.21 Å². The lowest BCUT2D eigenvalue weighted by Gasteiger charge is -2.32. The zero-order valence-corrected chi connectivity index (χ0v) is 14.9. The number of hydroxylamine groups is 2. The molecule has 0 bridgehead atoms. The van der Waals surface area contributed by atoms with Crippen molar-refractivity contribution in [3.63, 3.8) is 0 Å². The Hall–Kier alpha value is -1.99. The van der Waals surface area contributed by atoms with E-state index in [0.717, 1.165) is 5.56 Å². The summed E-state index contributed by atoms with van der Waals surface area (Å²) in [6.07, 6.45) is 0. The van der Waals surface area contributed by atoms with E-state index in [1.807, 2.05) is 12.1 Å². The van der Waals surface area contributed by atoms with Crippen molar-refractivity contribution in [2.45, 2.75) is 12.7 Å². The smallest absolute Gasteiger partial charge is 0.0873 e. The maximum absolute atomic E-state index is 10.5. The van der Waals surface area contributed by atoms with Crippen molar-refractivity contribution >= 4 is 18.5 Å². The second kappa shape index (κ2) is 7.72. The Balaban J connectivity index is 2.13. The highest BCUT2D eigenvalue weighted by Crippen LogP contribution is 2.50. The molecular formula is C21H22NOP. The fourth-order valence-corrected chi connectivity index (χ4v) is 5.53. The molecule has 3 aromatic rings. The van der Waals surface area contributed by atoms with Crippen LogP contribution in [0.15, 0.2) is 84.9 Å². The Morgan fingerprint density at radius 1 is 0.750 bits per heavy atom. The van der Waals surface area contributed by atoms with E-state index in [1.54, 1.807) is 7.05 Å². The van der Waals surface area contributed by atoms with Crippen LogP contribution in [0.3, 0.4) is 0 Å². The van der Waals surface area contributed by atoms with Crippen LogP contribution in [0.5, 0.6) is 0 Å². The molecule has 0 spiro atoms. The molecule has 0 aliphatic heterocycles. The summed E-state index contributed by atoms with van der Waals surface area (Å²) in [5.41, 5.74) is 2.35. The SMILES string of the molecule is Cc1ccc(C(N(C)O)P(c2ccccc2)c2ccccc2)cc1. The normalized spacial score (nSPS) is 12.5. The summed E-state index contributed by atoms with van der Waals surface area (Å²) in [6.45, 7) is 2.08. The van der Waals surface area contributed by atoms with Gasteiger partial charge in [-0.05, 0) is 31.0 Å². The van der Waals surface area contributed by atoms with E-state index < -0.39 is 7.92 Å². The molecule has 24 heavy (non-hydrogen) atoms. The number of nitrogens with zero attached hydrogens (tertiary/aromatic N) is 1. The van der Waals surface area contributed by atoms with E-state index in [0.29, 0.717) is 0 Å². The fourth-order valence-electron chi connectivity index (χ4n) is 2.88. The van der Waals surface area contributed by atoms with Crippen LogP contribution in [0, 0.1) is 6.92 Å². The third kappa shape index (κ3) is 3.73. The van der Waals surface area contributed by atoms with Crippen molar-refractivity contribution in [3.05, 3.63) is 96.1 Å². The molecule has 0 aliphatic rings. The first-order chi connectivity index (χ1) is 11.7. The summed E-state index contributed by atoms with van der Waals surface area (Å²) in [4.78, 5) is 0. The molecule has 1 unspecified atom stereocenters. The van der Waals surface area contributed by atoms with Gasteiger partial charge in [0.25, 0.3) is 0 Å². The van der Waals surface area contributed by atoms with E-state index in [4.69, 9.17) is 0 Å². The average Bonchev–Trinajstić information content (AvgIpc) is 2.62. The Morgan fingerprint density at radius 3 is 1.62 bits per heavy atom. The molecule has 3 rings (SSSR count). The molecule has 122 valence electrons. The van der Waals surface area contributed by atoms with Gasteiger partial charge in [0.15, 0.2) is 0 Å². The summed E-state index contributed by atoms with van der Waals surface area (Å²) in [5, 5.41) is 14.3. The van der Waals surface area contributed by atoms with E-state index in [2.05, 4.69) is 79.7 Å². The first-order valence-corrected chi connectivity index (χ1v) is 9.45. The average molecular weight is 335 g/mol. The first kappa shape index (κ1) is 16.9. The van der Waals surface area contributed by atoms with Gasteiger partial charge in [0.2, 0.25) is 0 Å². The van der Waals surface area contributed by atoms with Gasteiger partial charge in [-0.2, -0.15) is 5.06 Å². The van der Waals surface area contributed by atoms with Crippen molar-refractivity contribution in [2.24, 2.45) is 0 Å². The third-order valence-electron chi connectivity index (χ3n) is 4.04. The number of rotatable bonds is 5. The second-order valence-corrected chi connectivity index (χ2v) is 8.16. The van der Waals surface area contributed by atoms with Crippen LogP contribution >= 0.6 is 7.92 Å². The van der Waals surface area contributed by atoms with Gasteiger partial charge in [-0.25, -0.2) is 0 Å². The molecule has 0 saturated heterocycles. The van der Waals surface area contributed by atoms with E-state index >= 15 is 0 Å². The van der Waals surface area contributed by atoms with Gasteiger partial charge in [0, 0.05) is 7.05 Å². The van der Waals surface area contributed by atoms with Crippen LogP contribution in [-0.2, 0) is 0 Å². The van der Waals surface area contributed by atoms with Crippen LogP contribution < -0.4 is 10.6 Å². The van der Waals surface area contributed by atoms with Crippen molar-refractivity contribution in [3.8, 4) is 0 Å². The lowest BCUT2D eigenvalue weighted by atomic mass is 10.1. The molecule has 0 fully saturated rings. The van der Waals surface area contributed by atoms with Crippen molar-refractivity contribution < 1.29 is 5.21 Å². The summed E-state index contributed by atoms with van der Waals surface area (Å²) < 4.78 is 0. The highest BCUT2D eigenvalue weighted by atomic mass is 31.1. The Kier molecular flexibility index (Phi) is 5.42. The fraction of sp³-hybridized carbons (Fsp3) is 0.143. The van der Waals surface area contributed by atoms with E-state index in [1.165, 1.54) is 21.2 Å². The summed E-state index contributed by atoms with van der Waals surface area (Å²) in [7, 11) is 0.978. The van der Waals surface area contributed by atoms with Gasteiger partial charge in [-0.15, -0.1) is 0 Å². The molecular weight excluding hydrogens is 313 g/mol. The third-order valence-corrected chi connectivity index (χ3v) is 6.87. The largest absolute Gasteiger partial charge is 0.313 e. The lowest BCUT2D eigenvalue weighted by molar-refractivity contribution is -0.0779. The molecule has 0 heterocycles. The topological polar surface area (TPSA) is 23.5 Å². The van der Waals surface area contributed by atoms with Gasteiger partial charge in [0.1, 0.15) is 0 Å². The van der Waals surface area contributed by atoms with Crippen LogP contribution in [0.1, 0.15) is 16.9 Å². The summed E-state index contributed by atoms with van der Waals surface area (Å²) in [5.74, 6) is -0.0922. The van der Waals surface area contributed by atoms with Crippen LogP contribution in [0.25, 0.3) is 0 Å². The molecule has 2 nitrogen and oxygen atoms in total. The predicted octanol–water partition coefficient (Wildman–Crippen LogP) is 4.45. The zero-order valence-electron chi connectivity index (χ0n) is 14.0. The van der Waals surface area contributed by atoms with E-state index in [-0.39, 0.29) is 5.78 Å². The van der Waals surface area contributed by atoms with E-state index in [9.17, 15) is 5.21 Å². The van der Waals surface area contributed by atoms with Crippen LogP contribution in [-0.4, -0.2) is 17.3 Å².